The molecule has 0 fully saturated rings. The summed E-state index contributed by atoms with van der Waals surface area (Å²) in [6, 6.07) is 8.09. The average molecular weight is 287 g/mol. The van der Waals surface area contributed by atoms with Gasteiger partial charge in [-0.05, 0) is 35.4 Å². The fourth-order valence-electron chi connectivity index (χ4n) is 2.99. The van der Waals surface area contributed by atoms with Gasteiger partial charge in [0.1, 0.15) is 5.76 Å². The Balaban J connectivity index is 2.18. The van der Waals surface area contributed by atoms with Gasteiger partial charge in [-0.25, -0.2) is 0 Å². The number of rotatable bonds is 3. The first-order valence-electron chi connectivity index (χ1n) is 7.10. The van der Waals surface area contributed by atoms with Gasteiger partial charge in [-0.15, -0.1) is 0 Å². The predicted octanol–water partition coefficient (Wildman–Crippen LogP) is 3.27. The Bertz CT molecular complexity index is 632. The normalized spacial score (nSPS) is 19.9. The van der Waals surface area contributed by atoms with E-state index in [0.717, 1.165) is 23.8 Å². The van der Waals surface area contributed by atoms with Crippen LogP contribution in [0.15, 0.2) is 34.9 Å². The van der Waals surface area contributed by atoms with Gasteiger partial charge in [0.2, 0.25) is 0 Å². The van der Waals surface area contributed by atoms with E-state index in [0.29, 0.717) is 0 Å². The Morgan fingerprint density at radius 2 is 1.90 bits per heavy atom. The molecule has 0 bridgehead atoms. The van der Waals surface area contributed by atoms with Crippen LogP contribution in [0.1, 0.15) is 36.8 Å². The smallest absolute Gasteiger partial charge is 0.161 e. The lowest BCUT2D eigenvalue weighted by Gasteiger charge is -2.37. The zero-order valence-corrected chi connectivity index (χ0v) is 12.9. The lowest BCUT2D eigenvalue weighted by molar-refractivity contribution is 0.340. The summed E-state index contributed by atoms with van der Waals surface area (Å²) in [5.41, 5.74) is 2.47. The van der Waals surface area contributed by atoms with E-state index in [-0.39, 0.29) is 11.5 Å². The van der Waals surface area contributed by atoms with Crippen molar-refractivity contribution in [3.63, 3.8) is 0 Å². The molecule has 1 unspecified atom stereocenters. The van der Waals surface area contributed by atoms with Crippen molar-refractivity contribution < 1.29 is 13.9 Å². The van der Waals surface area contributed by atoms with Crippen molar-refractivity contribution in [1.82, 2.24) is 5.32 Å². The second-order valence-electron chi connectivity index (χ2n) is 6.01. The average Bonchev–Trinajstić information content (AvgIpc) is 3.00. The van der Waals surface area contributed by atoms with Crippen molar-refractivity contribution in [3.8, 4) is 11.5 Å². The quantitative estimate of drug-likeness (QED) is 0.941. The molecule has 0 spiro atoms. The maximum Gasteiger partial charge on any atom is 0.161 e. The maximum absolute atomic E-state index is 5.59. The van der Waals surface area contributed by atoms with E-state index < -0.39 is 0 Å². The molecule has 4 nitrogen and oxygen atoms in total. The molecule has 1 N–H and O–H groups in total. The molecular formula is C17H21NO3. The van der Waals surface area contributed by atoms with Crippen molar-refractivity contribution in [2.75, 3.05) is 20.8 Å². The number of benzene rings is 1. The summed E-state index contributed by atoms with van der Waals surface area (Å²) in [6.45, 7) is 5.33. The van der Waals surface area contributed by atoms with Crippen LogP contribution in [0, 0.1) is 0 Å². The number of hydrogen-bond acceptors (Lipinski definition) is 4. The molecule has 0 saturated heterocycles. The zero-order valence-electron chi connectivity index (χ0n) is 12.9. The minimum atomic E-state index is 0.0258. The van der Waals surface area contributed by atoms with Crippen LogP contribution in [0.4, 0.5) is 0 Å². The van der Waals surface area contributed by atoms with Gasteiger partial charge in [-0.1, -0.05) is 13.8 Å². The third-order valence-electron chi connectivity index (χ3n) is 4.17. The second kappa shape index (κ2) is 5.11. The van der Waals surface area contributed by atoms with E-state index in [1.165, 1.54) is 11.1 Å². The molecule has 1 aromatic carbocycles. The molecule has 1 aromatic heterocycles. The Labute approximate surface area is 125 Å². The molecule has 1 atom stereocenters. The summed E-state index contributed by atoms with van der Waals surface area (Å²) in [4.78, 5) is 0. The summed E-state index contributed by atoms with van der Waals surface area (Å²) in [6.07, 6.45) is 1.71. The van der Waals surface area contributed by atoms with Gasteiger partial charge in [-0.3, -0.25) is 0 Å². The molecule has 112 valence electrons. The number of fused-ring (bicyclic) bond motifs is 1. The van der Waals surface area contributed by atoms with Crippen molar-refractivity contribution in [1.29, 1.82) is 0 Å². The van der Waals surface area contributed by atoms with Crippen LogP contribution in [-0.4, -0.2) is 20.8 Å². The predicted molar refractivity (Wildman–Crippen MR) is 81.1 cm³/mol. The van der Waals surface area contributed by atoms with Crippen LogP contribution in [-0.2, 0) is 5.41 Å². The van der Waals surface area contributed by atoms with Gasteiger partial charge in [0.15, 0.2) is 11.5 Å². The Hall–Kier alpha value is -1.94. The summed E-state index contributed by atoms with van der Waals surface area (Å²) in [7, 11) is 3.33. The highest BCUT2D eigenvalue weighted by atomic mass is 16.5. The van der Waals surface area contributed by atoms with Crippen LogP contribution >= 0.6 is 0 Å². The fraction of sp³-hybridized carbons (Fsp3) is 0.412. The van der Waals surface area contributed by atoms with Gasteiger partial charge < -0.3 is 19.2 Å². The van der Waals surface area contributed by atoms with Gasteiger partial charge >= 0.3 is 0 Å². The van der Waals surface area contributed by atoms with E-state index in [4.69, 9.17) is 13.9 Å². The Morgan fingerprint density at radius 3 is 2.52 bits per heavy atom. The number of ether oxygens (including phenoxy) is 2. The molecule has 0 aliphatic carbocycles. The SMILES string of the molecule is COc1cc2c(cc1OC)C(C)(C)CNC2c1ccco1. The Morgan fingerprint density at radius 1 is 1.19 bits per heavy atom. The molecular weight excluding hydrogens is 266 g/mol. The maximum atomic E-state index is 5.59. The van der Waals surface area contributed by atoms with E-state index in [1.807, 2.05) is 12.1 Å². The van der Waals surface area contributed by atoms with Crippen LogP contribution in [0.3, 0.4) is 0 Å². The summed E-state index contributed by atoms with van der Waals surface area (Å²) >= 11 is 0. The summed E-state index contributed by atoms with van der Waals surface area (Å²) < 4.78 is 16.5. The molecule has 4 heteroatoms. The molecule has 21 heavy (non-hydrogen) atoms. The van der Waals surface area contributed by atoms with Gasteiger partial charge in [-0.2, -0.15) is 0 Å². The van der Waals surface area contributed by atoms with Gasteiger partial charge in [0, 0.05) is 12.0 Å². The van der Waals surface area contributed by atoms with E-state index in [2.05, 4.69) is 31.3 Å². The van der Waals surface area contributed by atoms with Crippen LogP contribution in [0.25, 0.3) is 0 Å². The number of hydrogen-bond donors (Lipinski definition) is 1. The molecule has 3 rings (SSSR count). The van der Waals surface area contributed by atoms with Gasteiger partial charge in [0.25, 0.3) is 0 Å². The lowest BCUT2D eigenvalue weighted by Crippen LogP contribution is -2.42. The first kappa shape index (κ1) is 14.0. The number of methoxy groups -OCH3 is 2. The molecule has 1 aliphatic heterocycles. The molecule has 2 aromatic rings. The zero-order chi connectivity index (χ0) is 15.0. The lowest BCUT2D eigenvalue weighted by atomic mass is 9.76. The summed E-state index contributed by atoms with van der Waals surface area (Å²) in [5.74, 6) is 2.43. The summed E-state index contributed by atoms with van der Waals surface area (Å²) in [5, 5.41) is 3.57. The van der Waals surface area contributed by atoms with E-state index >= 15 is 0 Å². The largest absolute Gasteiger partial charge is 0.493 e. The highest BCUT2D eigenvalue weighted by molar-refractivity contribution is 5.53. The second-order valence-corrected chi connectivity index (χ2v) is 6.01. The van der Waals surface area contributed by atoms with E-state index in [1.54, 1.807) is 20.5 Å². The molecule has 0 amide bonds. The standard InChI is InChI=1S/C17H21NO3/c1-17(2)10-18-16(13-6-5-7-21-13)11-8-14(19-3)15(20-4)9-12(11)17/h5-9,16,18H,10H2,1-4H3. The van der Waals surface area contributed by atoms with Crippen LogP contribution < -0.4 is 14.8 Å². The monoisotopic (exact) mass is 287 g/mol. The minimum Gasteiger partial charge on any atom is -0.493 e. The third-order valence-corrected chi connectivity index (χ3v) is 4.17. The fourth-order valence-corrected chi connectivity index (χ4v) is 2.99. The van der Waals surface area contributed by atoms with Crippen molar-refractivity contribution >= 4 is 0 Å². The van der Waals surface area contributed by atoms with Gasteiger partial charge in [0.05, 0.1) is 26.5 Å². The highest BCUT2D eigenvalue weighted by Crippen LogP contribution is 2.43. The van der Waals surface area contributed by atoms with E-state index in [9.17, 15) is 0 Å². The highest BCUT2D eigenvalue weighted by Gasteiger charge is 2.35. The van der Waals surface area contributed by atoms with Crippen LogP contribution in [0.5, 0.6) is 11.5 Å². The van der Waals surface area contributed by atoms with Crippen molar-refractivity contribution in [3.05, 3.63) is 47.4 Å². The third kappa shape index (κ3) is 2.29. The Kier molecular flexibility index (Phi) is 3.41. The molecule has 2 heterocycles. The molecule has 1 aliphatic rings. The first-order chi connectivity index (χ1) is 10.1. The molecule has 0 saturated carbocycles. The first-order valence-corrected chi connectivity index (χ1v) is 7.10. The van der Waals surface area contributed by atoms with Crippen LogP contribution in [0.2, 0.25) is 0 Å². The van der Waals surface area contributed by atoms with Crippen molar-refractivity contribution in [2.45, 2.75) is 25.3 Å². The number of furan rings is 1. The minimum absolute atomic E-state index is 0.0258. The molecule has 0 radical (unpaired) electrons. The topological polar surface area (TPSA) is 43.6 Å². The van der Waals surface area contributed by atoms with Crippen molar-refractivity contribution in [2.24, 2.45) is 0 Å². The number of nitrogens with one attached hydrogen (secondary N) is 1.